The summed E-state index contributed by atoms with van der Waals surface area (Å²) in [5, 5.41) is 0.441. The summed E-state index contributed by atoms with van der Waals surface area (Å²) in [6, 6.07) is 17.3. The molecule has 3 heterocycles. The third-order valence-corrected chi connectivity index (χ3v) is 5.40. The molecule has 1 aliphatic rings. The molecule has 0 saturated carbocycles. The Kier molecular flexibility index (Phi) is 4.13. The molecule has 0 saturated heterocycles. The second kappa shape index (κ2) is 6.84. The molecule has 0 N–H and O–H groups in total. The van der Waals surface area contributed by atoms with E-state index in [-0.39, 0.29) is 17.1 Å². The zero-order chi connectivity index (χ0) is 20.8. The Morgan fingerprint density at radius 3 is 2.67 bits per heavy atom. The number of carbonyl (C=O) groups is 1. The molecule has 0 bridgehead atoms. The Morgan fingerprint density at radius 2 is 1.87 bits per heavy atom. The summed E-state index contributed by atoms with van der Waals surface area (Å²) < 4.78 is 11.3. The van der Waals surface area contributed by atoms with Crippen LogP contribution in [0.15, 0.2) is 76.1 Å². The lowest BCUT2D eigenvalue weighted by molar-refractivity contribution is 0.0970. The van der Waals surface area contributed by atoms with Crippen molar-refractivity contribution in [2.45, 2.75) is 13.0 Å². The third kappa shape index (κ3) is 2.61. The van der Waals surface area contributed by atoms with Gasteiger partial charge in [0, 0.05) is 6.20 Å². The zero-order valence-corrected chi connectivity index (χ0v) is 16.5. The summed E-state index contributed by atoms with van der Waals surface area (Å²) in [4.78, 5) is 33.0. The zero-order valence-electron chi connectivity index (χ0n) is 16.5. The topological polar surface area (TPSA) is 72.6 Å². The van der Waals surface area contributed by atoms with Crippen molar-refractivity contribution >= 4 is 22.7 Å². The Morgan fingerprint density at radius 1 is 1.03 bits per heavy atom. The van der Waals surface area contributed by atoms with Crippen molar-refractivity contribution in [3.8, 4) is 5.75 Å². The van der Waals surface area contributed by atoms with Gasteiger partial charge in [0.2, 0.25) is 5.76 Å². The van der Waals surface area contributed by atoms with Crippen molar-refractivity contribution < 1.29 is 13.9 Å². The molecule has 0 spiro atoms. The number of anilines is 1. The van der Waals surface area contributed by atoms with Crippen LogP contribution in [0.1, 0.15) is 33.3 Å². The van der Waals surface area contributed by atoms with Crippen molar-refractivity contribution in [1.82, 2.24) is 4.98 Å². The minimum Gasteiger partial charge on any atom is -0.497 e. The van der Waals surface area contributed by atoms with E-state index in [1.165, 1.54) is 0 Å². The minimum atomic E-state index is -0.669. The van der Waals surface area contributed by atoms with Gasteiger partial charge in [-0.1, -0.05) is 30.3 Å². The lowest BCUT2D eigenvalue weighted by atomic mass is 9.98. The van der Waals surface area contributed by atoms with Crippen LogP contribution in [0.3, 0.4) is 0 Å². The van der Waals surface area contributed by atoms with Gasteiger partial charge >= 0.3 is 0 Å². The number of hydrogen-bond donors (Lipinski definition) is 0. The second-order valence-electron chi connectivity index (χ2n) is 7.17. The van der Waals surface area contributed by atoms with Crippen LogP contribution in [0.4, 0.5) is 5.82 Å². The van der Waals surface area contributed by atoms with Crippen LogP contribution in [-0.4, -0.2) is 18.0 Å². The van der Waals surface area contributed by atoms with Crippen LogP contribution >= 0.6 is 0 Å². The van der Waals surface area contributed by atoms with Gasteiger partial charge < -0.3 is 9.15 Å². The molecule has 6 nitrogen and oxygen atoms in total. The molecular formula is C24H18N2O4. The van der Waals surface area contributed by atoms with E-state index in [1.807, 2.05) is 43.3 Å². The summed E-state index contributed by atoms with van der Waals surface area (Å²) in [6.45, 7) is 1.88. The highest BCUT2D eigenvalue weighted by Gasteiger charge is 2.44. The van der Waals surface area contributed by atoms with Crippen LogP contribution in [0.2, 0.25) is 0 Å². The number of methoxy groups -OCH3 is 1. The fourth-order valence-electron chi connectivity index (χ4n) is 3.99. The molecule has 1 atom stereocenters. The molecule has 30 heavy (non-hydrogen) atoms. The minimum absolute atomic E-state index is 0.0524. The number of amides is 1. The van der Waals surface area contributed by atoms with Crippen molar-refractivity contribution in [3.05, 3.63) is 99.5 Å². The third-order valence-electron chi connectivity index (χ3n) is 5.40. The monoisotopic (exact) mass is 398 g/mol. The van der Waals surface area contributed by atoms with E-state index >= 15 is 0 Å². The van der Waals surface area contributed by atoms with Crippen molar-refractivity contribution in [3.63, 3.8) is 0 Å². The van der Waals surface area contributed by atoms with Gasteiger partial charge in [-0.25, -0.2) is 4.98 Å². The van der Waals surface area contributed by atoms with E-state index in [1.54, 1.807) is 42.5 Å². The molecule has 4 aromatic rings. The summed E-state index contributed by atoms with van der Waals surface area (Å²) in [7, 11) is 1.58. The van der Waals surface area contributed by atoms with Gasteiger partial charge in [-0.15, -0.1) is 0 Å². The molecule has 5 rings (SSSR count). The maximum Gasteiger partial charge on any atom is 0.296 e. The average Bonchev–Trinajstić information content (AvgIpc) is 3.07. The molecule has 0 unspecified atom stereocenters. The molecule has 0 aliphatic carbocycles. The van der Waals surface area contributed by atoms with Crippen molar-refractivity contribution in [1.29, 1.82) is 0 Å². The summed E-state index contributed by atoms with van der Waals surface area (Å²) >= 11 is 0. The molecule has 2 aromatic carbocycles. The summed E-state index contributed by atoms with van der Waals surface area (Å²) in [6.07, 6.45) is 1.63. The van der Waals surface area contributed by atoms with Gasteiger partial charge in [-0.2, -0.15) is 0 Å². The fourth-order valence-corrected chi connectivity index (χ4v) is 3.99. The average molecular weight is 398 g/mol. The highest BCUT2D eigenvalue weighted by atomic mass is 16.5. The first-order chi connectivity index (χ1) is 14.6. The van der Waals surface area contributed by atoms with Crippen LogP contribution in [0.25, 0.3) is 11.0 Å². The fraction of sp³-hybridized carbons (Fsp3) is 0.125. The van der Waals surface area contributed by atoms with E-state index in [2.05, 4.69) is 4.98 Å². The lowest BCUT2D eigenvalue weighted by Crippen LogP contribution is -2.30. The quantitative estimate of drug-likeness (QED) is 0.516. The number of para-hydroxylation sites is 1. The highest BCUT2D eigenvalue weighted by Crippen LogP contribution is 2.41. The first kappa shape index (κ1) is 18.1. The highest BCUT2D eigenvalue weighted by molar-refractivity contribution is 6.10. The number of pyridine rings is 1. The van der Waals surface area contributed by atoms with Gasteiger partial charge in [0.15, 0.2) is 5.43 Å². The number of benzene rings is 2. The number of nitrogens with zero attached hydrogens (tertiary/aromatic N) is 2. The number of hydrogen-bond acceptors (Lipinski definition) is 5. The van der Waals surface area contributed by atoms with Crippen LogP contribution in [-0.2, 0) is 0 Å². The van der Waals surface area contributed by atoms with Crippen molar-refractivity contribution in [2.75, 3.05) is 12.0 Å². The van der Waals surface area contributed by atoms with E-state index in [4.69, 9.17) is 9.15 Å². The molecule has 1 aliphatic heterocycles. The number of aromatic nitrogens is 1. The number of aryl methyl sites for hydroxylation is 1. The summed E-state index contributed by atoms with van der Waals surface area (Å²) in [5.74, 6) is 0.792. The van der Waals surface area contributed by atoms with E-state index in [0.29, 0.717) is 28.1 Å². The van der Waals surface area contributed by atoms with E-state index < -0.39 is 6.04 Å². The molecule has 148 valence electrons. The molecule has 0 radical (unpaired) electrons. The number of carbonyl (C=O) groups excluding carboxylic acids is 1. The normalized spacial score (nSPS) is 15.5. The van der Waals surface area contributed by atoms with Crippen LogP contribution in [0, 0.1) is 6.92 Å². The maximum atomic E-state index is 13.5. The van der Waals surface area contributed by atoms with E-state index in [0.717, 1.165) is 11.1 Å². The molecule has 0 fully saturated rings. The molecule has 1 amide bonds. The van der Waals surface area contributed by atoms with Gasteiger partial charge in [-0.3, -0.25) is 14.5 Å². The maximum absolute atomic E-state index is 13.5. The SMILES string of the molecule is COc1cccc([C@@H]2c3c(oc4ccccc4c3=O)C(=O)N2c2ncccc2C)c1. The Balaban J connectivity index is 1.84. The Hall–Kier alpha value is -3.93. The standard InChI is InChI=1S/C24H18N2O4/c1-14-7-6-12-25-23(14)26-20(15-8-5-9-16(13-15)29-2)19-21(27)17-10-3-4-11-18(17)30-22(19)24(26)28/h3-13,20H,1-2H3/t20-/m1/s1. The second-order valence-corrected chi connectivity index (χ2v) is 7.17. The van der Waals surface area contributed by atoms with Gasteiger partial charge in [0.1, 0.15) is 17.2 Å². The Labute approximate surface area is 172 Å². The summed E-state index contributed by atoms with van der Waals surface area (Å²) in [5.41, 5.74) is 2.05. The van der Waals surface area contributed by atoms with Gasteiger partial charge in [0.25, 0.3) is 5.91 Å². The number of rotatable bonds is 3. The number of fused-ring (bicyclic) bond motifs is 2. The van der Waals surface area contributed by atoms with Gasteiger partial charge in [0.05, 0.1) is 24.1 Å². The lowest BCUT2D eigenvalue weighted by Gasteiger charge is -2.25. The molecule has 6 heteroatoms. The smallest absolute Gasteiger partial charge is 0.296 e. The first-order valence-corrected chi connectivity index (χ1v) is 9.55. The molecule has 2 aromatic heterocycles. The van der Waals surface area contributed by atoms with Crippen molar-refractivity contribution in [2.24, 2.45) is 0 Å². The predicted molar refractivity (Wildman–Crippen MR) is 113 cm³/mol. The Bertz CT molecular complexity index is 1360. The predicted octanol–water partition coefficient (Wildman–Crippen LogP) is 4.25. The molecular weight excluding hydrogens is 380 g/mol. The largest absolute Gasteiger partial charge is 0.497 e. The van der Waals surface area contributed by atoms with Gasteiger partial charge in [-0.05, 0) is 48.4 Å². The van der Waals surface area contributed by atoms with E-state index in [9.17, 15) is 9.59 Å². The number of ether oxygens (including phenoxy) is 1. The van der Waals surface area contributed by atoms with Crippen LogP contribution < -0.4 is 15.1 Å². The first-order valence-electron chi connectivity index (χ1n) is 9.55. The van der Waals surface area contributed by atoms with Crippen LogP contribution in [0.5, 0.6) is 5.75 Å².